The molecule has 1 aliphatic heterocycles. The average Bonchev–Trinajstić information content (AvgIpc) is 3.05. The molecule has 0 saturated carbocycles. The lowest BCUT2D eigenvalue weighted by Crippen LogP contribution is -2.30. The quantitative estimate of drug-likeness (QED) is 0.408. The van der Waals surface area contributed by atoms with Crippen molar-refractivity contribution in [2.24, 2.45) is 0 Å². The Labute approximate surface area is 116 Å². The van der Waals surface area contributed by atoms with Gasteiger partial charge in [-0.25, -0.2) is 4.98 Å². The second-order valence-electron chi connectivity index (χ2n) is 4.61. The molecule has 4 aromatic rings. The van der Waals surface area contributed by atoms with Gasteiger partial charge in [0.2, 0.25) is 0 Å². The number of aromatic nitrogens is 3. The van der Waals surface area contributed by atoms with Gasteiger partial charge < -0.3 is 0 Å². The summed E-state index contributed by atoms with van der Waals surface area (Å²) in [6.07, 6.45) is 5.73. The normalized spacial score (nSPS) is 13.1. The molecule has 0 unspecified atom stereocenters. The maximum absolute atomic E-state index is 4.56. The fourth-order valence-corrected chi connectivity index (χ4v) is 5.35. The zero-order chi connectivity index (χ0) is 12.4. The Morgan fingerprint density at radius 3 is 3.16 bits per heavy atom. The maximum atomic E-state index is 4.56. The second-order valence-corrected chi connectivity index (χ2v) is 6.92. The first kappa shape index (κ1) is 10.00. The summed E-state index contributed by atoms with van der Waals surface area (Å²) in [5.74, 6) is 0. The highest BCUT2D eigenvalue weighted by atomic mass is 32.2. The van der Waals surface area contributed by atoms with Gasteiger partial charge in [0.25, 0.3) is 10.5 Å². The van der Waals surface area contributed by atoms with Gasteiger partial charge in [-0.3, -0.25) is 4.98 Å². The van der Waals surface area contributed by atoms with Crippen LogP contribution in [-0.4, -0.2) is 9.97 Å². The van der Waals surface area contributed by atoms with E-state index in [2.05, 4.69) is 26.7 Å². The molecule has 3 nitrogen and oxygen atoms in total. The van der Waals surface area contributed by atoms with Crippen LogP contribution in [0.4, 0.5) is 0 Å². The van der Waals surface area contributed by atoms with Crippen LogP contribution in [0.1, 0.15) is 5.56 Å². The van der Waals surface area contributed by atoms with Crippen LogP contribution in [0.3, 0.4) is 0 Å². The van der Waals surface area contributed by atoms with Crippen molar-refractivity contribution in [1.29, 1.82) is 0 Å². The van der Waals surface area contributed by atoms with E-state index in [9.17, 15) is 0 Å². The van der Waals surface area contributed by atoms with Crippen LogP contribution in [0, 0.1) is 0 Å². The maximum Gasteiger partial charge on any atom is 0.271 e. The lowest BCUT2D eigenvalue weighted by molar-refractivity contribution is -0.641. The summed E-state index contributed by atoms with van der Waals surface area (Å²) < 4.78 is 5.03. The van der Waals surface area contributed by atoms with Crippen molar-refractivity contribution in [2.45, 2.75) is 6.54 Å². The summed E-state index contributed by atoms with van der Waals surface area (Å²) in [5.41, 5.74) is 5.06. The predicted molar refractivity (Wildman–Crippen MR) is 77.5 cm³/mol. The van der Waals surface area contributed by atoms with Gasteiger partial charge in [-0.15, -0.1) is 11.3 Å². The molecule has 0 spiro atoms. The van der Waals surface area contributed by atoms with Crippen LogP contribution in [-0.2, 0) is 6.54 Å². The third-order valence-corrected chi connectivity index (χ3v) is 6.00. The van der Waals surface area contributed by atoms with Gasteiger partial charge >= 0.3 is 0 Å². The predicted octanol–water partition coefficient (Wildman–Crippen LogP) is 3.22. The van der Waals surface area contributed by atoms with Crippen molar-refractivity contribution in [1.82, 2.24) is 9.97 Å². The summed E-state index contributed by atoms with van der Waals surface area (Å²) in [7, 11) is 0. The number of rotatable bonds is 0. The number of thiazole rings is 1. The van der Waals surface area contributed by atoms with E-state index in [1.54, 1.807) is 0 Å². The number of fused-ring (bicyclic) bond motifs is 7. The summed E-state index contributed by atoms with van der Waals surface area (Å²) in [4.78, 5) is 8.79. The van der Waals surface area contributed by atoms with Crippen molar-refractivity contribution < 1.29 is 4.57 Å². The number of thiophene rings is 1. The number of nitrogens with zero attached hydrogens (tertiary/aromatic N) is 3. The van der Waals surface area contributed by atoms with E-state index in [1.165, 1.54) is 30.4 Å². The minimum atomic E-state index is 0.918. The highest BCUT2D eigenvalue weighted by Crippen LogP contribution is 2.41. The molecule has 5 heteroatoms. The van der Waals surface area contributed by atoms with Crippen molar-refractivity contribution >= 4 is 42.4 Å². The first-order chi connectivity index (χ1) is 9.42. The molecular weight excluding hydrogens is 274 g/mol. The van der Waals surface area contributed by atoms with Crippen LogP contribution in [0.15, 0.2) is 36.8 Å². The largest absolute Gasteiger partial charge is 0.271 e. The van der Waals surface area contributed by atoms with E-state index in [1.807, 2.05) is 47.3 Å². The minimum Gasteiger partial charge on any atom is -0.264 e. The van der Waals surface area contributed by atoms with Gasteiger partial charge in [-0.05, 0) is 18.2 Å². The third-order valence-electron chi connectivity index (χ3n) is 3.56. The van der Waals surface area contributed by atoms with E-state index in [0.29, 0.717) is 0 Å². The molecule has 0 N–H and O–H groups in total. The highest BCUT2D eigenvalue weighted by molar-refractivity contribution is 7.42. The summed E-state index contributed by atoms with van der Waals surface area (Å²) >= 11 is 3.71. The van der Waals surface area contributed by atoms with E-state index >= 15 is 0 Å². The van der Waals surface area contributed by atoms with Gasteiger partial charge in [0.15, 0.2) is 16.1 Å². The Kier molecular flexibility index (Phi) is 1.78. The van der Waals surface area contributed by atoms with Crippen LogP contribution >= 0.6 is 22.7 Å². The van der Waals surface area contributed by atoms with Gasteiger partial charge in [0, 0.05) is 24.2 Å². The van der Waals surface area contributed by atoms with E-state index < -0.39 is 0 Å². The fraction of sp³-hybridized carbons (Fsp3) is 0.0714. The molecule has 4 aromatic heterocycles. The van der Waals surface area contributed by atoms with Crippen LogP contribution in [0.25, 0.3) is 30.3 Å². The smallest absolute Gasteiger partial charge is 0.264 e. The highest BCUT2D eigenvalue weighted by Gasteiger charge is 2.34. The van der Waals surface area contributed by atoms with Crippen molar-refractivity contribution in [3.05, 3.63) is 42.4 Å². The van der Waals surface area contributed by atoms with Crippen LogP contribution in [0.5, 0.6) is 0 Å². The Balaban J connectivity index is 1.94. The summed E-state index contributed by atoms with van der Waals surface area (Å²) in [6, 6.07) is 6.27. The molecule has 19 heavy (non-hydrogen) atoms. The Morgan fingerprint density at radius 1 is 1.16 bits per heavy atom. The summed E-state index contributed by atoms with van der Waals surface area (Å²) in [5, 5.41) is 1.34. The molecule has 1 aliphatic rings. The SMILES string of the molecule is c1cnc2c(c1)sc1sc3[n+](c12)Cc1cnccc1-3. The molecule has 0 aromatic carbocycles. The lowest BCUT2D eigenvalue weighted by Gasteiger charge is -1.88. The monoisotopic (exact) mass is 282 g/mol. The van der Waals surface area contributed by atoms with Gasteiger partial charge in [-0.1, -0.05) is 11.3 Å². The number of pyridine rings is 2. The molecule has 0 fully saturated rings. The fourth-order valence-electron chi connectivity index (χ4n) is 2.73. The van der Waals surface area contributed by atoms with Crippen LogP contribution in [0.2, 0.25) is 0 Å². The van der Waals surface area contributed by atoms with Crippen molar-refractivity contribution in [3.63, 3.8) is 0 Å². The number of hydrogen-bond acceptors (Lipinski definition) is 4. The Morgan fingerprint density at radius 2 is 2.16 bits per heavy atom. The molecule has 5 rings (SSSR count). The number of hydrogen-bond donors (Lipinski definition) is 0. The molecule has 0 radical (unpaired) electrons. The molecule has 5 heterocycles. The molecule has 0 saturated heterocycles. The molecule has 0 aliphatic carbocycles. The second kappa shape index (κ2) is 3.37. The van der Waals surface area contributed by atoms with E-state index in [4.69, 9.17) is 0 Å². The zero-order valence-corrected chi connectivity index (χ0v) is 11.5. The van der Waals surface area contributed by atoms with Gasteiger partial charge in [-0.2, -0.15) is 4.57 Å². The molecule has 0 atom stereocenters. The first-order valence-electron chi connectivity index (χ1n) is 6.05. The molecular formula is C14H8N3S2+. The van der Waals surface area contributed by atoms with Crippen molar-refractivity contribution in [2.75, 3.05) is 0 Å². The zero-order valence-electron chi connectivity index (χ0n) is 9.83. The Hall–Kier alpha value is -1.85. The third kappa shape index (κ3) is 1.19. The Bertz CT molecular complexity index is 952. The van der Waals surface area contributed by atoms with Crippen molar-refractivity contribution in [3.8, 4) is 10.6 Å². The van der Waals surface area contributed by atoms with Gasteiger partial charge in [0.05, 0.1) is 10.3 Å². The standard InChI is InChI=1S/C14H8N3S2/c1-2-10-11(16-4-1)12-14(18-10)19-13-9-3-5-15-6-8(9)7-17(12)13/h1-6H,7H2/q+1. The summed E-state index contributed by atoms with van der Waals surface area (Å²) in [6.45, 7) is 0.918. The molecule has 90 valence electrons. The molecule has 0 amide bonds. The topological polar surface area (TPSA) is 29.7 Å². The van der Waals surface area contributed by atoms with E-state index in [0.717, 1.165) is 12.1 Å². The first-order valence-corrected chi connectivity index (χ1v) is 7.68. The van der Waals surface area contributed by atoms with Crippen LogP contribution < -0.4 is 4.57 Å². The molecule has 0 bridgehead atoms. The minimum absolute atomic E-state index is 0.918. The van der Waals surface area contributed by atoms with Gasteiger partial charge in [0.1, 0.15) is 0 Å². The van der Waals surface area contributed by atoms with E-state index in [-0.39, 0.29) is 0 Å². The lowest BCUT2D eigenvalue weighted by atomic mass is 10.2. The average molecular weight is 282 g/mol.